The lowest BCUT2D eigenvalue weighted by atomic mass is 10.1. The van der Waals surface area contributed by atoms with Crippen LogP contribution in [0.3, 0.4) is 0 Å². The van der Waals surface area contributed by atoms with E-state index in [0.717, 1.165) is 4.90 Å². The molecule has 1 N–H and O–H groups in total. The molecule has 1 amide bonds. The van der Waals surface area contributed by atoms with Crippen molar-refractivity contribution in [2.24, 2.45) is 0 Å². The fourth-order valence-corrected chi connectivity index (χ4v) is 3.92. The Balaban J connectivity index is 3.28. The van der Waals surface area contributed by atoms with Crippen molar-refractivity contribution in [2.75, 3.05) is 26.7 Å². The molecule has 8 heteroatoms. The normalized spacial score (nSPS) is 11.5. The molecule has 128 valence electrons. The lowest BCUT2D eigenvalue weighted by Crippen LogP contribution is -2.33. The SMILES string of the molecule is CCN(CC)S(=O)(=O)c1cc(C(=O)N(C)CC(=O)O)ccc1C. The Morgan fingerprint density at radius 1 is 1.17 bits per heavy atom. The molecule has 0 radical (unpaired) electrons. The maximum atomic E-state index is 12.6. The van der Waals surface area contributed by atoms with E-state index < -0.39 is 28.4 Å². The van der Waals surface area contributed by atoms with Crippen LogP contribution in [0.4, 0.5) is 0 Å². The van der Waals surface area contributed by atoms with Crippen molar-refractivity contribution in [2.45, 2.75) is 25.7 Å². The first-order valence-electron chi connectivity index (χ1n) is 7.23. The molecule has 0 aliphatic carbocycles. The van der Waals surface area contributed by atoms with E-state index in [0.29, 0.717) is 18.7 Å². The van der Waals surface area contributed by atoms with Crippen molar-refractivity contribution in [3.05, 3.63) is 29.3 Å². The number of carbonyl (C=O) groups excluding carboxylic acids is 1. The van der Waals surface area contributed by atoms with Gasteiger partial charge in [-0.2, -0.15) is 4.31 Å². The van der Waals surface area contributed by atoms with Crippen LogP contribution < -0.4 is 0 Å². The van der Waals surface area contributed by atoms with Crippen molar-refractivity contribution in [3.63, 3.8) is 0 Å². The van der Waals surface area contributed by atoms with E-state index >= 15 is 0 Å². The molecule has 0 heterocycles. The first kappa shape index (κ1) is 19.1. The minimum atomic E-state index is -3.69. The second-order valence-corrected chi connectivity index (χ2v) is 7.03. The molecule has 1 aromatic carbocycles. The van der Waals surface area contributed by atoms with Crippen LogP contribution in [-0.2, 0) is 14.8 Å². The summed E-state index contributed by atoms with van der Waals surface area (Å²) in [6.07, 6.45) is 0. The zero-order valence-electron chi connectivity index (χ0n) is 13.7. The van der Waals surface area contributed by atoms with Crippen LogP contribution in [0.5, 0.6) is 0 Å². The van der Waals surface area contributed by atoms with Crippen molar-refractivity contribution < 1.29 is 23.1 Å². The highest BCUT2D eigenvalue weighted by Gasteiger charge is 2.25. The Hall–Kier alpha value is -1.93. The van der Waals surface area contributed by atoms with Crippen LogP contribution >= 0.6 is 0 Å². The van der Waals surface area contributed by atoms with Crippen LogP contribution in [-0.4, -0.2) is 61.3 Å². The van der Waals surface area contributed by atoms with Gasteiger partial charge in [-0.15, -0.1) is 0 Å². The van der Waals surface area contributed by atoms with Gasteiger partial charge in [0.15, 0.2) is 0 Å². The number of sulfonamides is 1. The molecule has 0 unspecified atom stereocenters. The number of benzene rings is 1. The Morgan fingerprint density at radius 3 is 2.22 bits per heavy atom. The summed E-state index contributed by atoms with van der Waals surface area (Å²) in [7, 11) is -2.33. The second kappa shape index (κ2) is 7.56. The number of carboxylic acid groups (broad SMARTS) is 1. The van der Waals surface area contributed by atoms with Gasteiger partial charge in [0.1, 0.15) is 6.54 Å². The van der Waals surface area contributed by atoms with Gasteiger partial charge in [0.05, 0.1) is 4.90 Å². The molecule has 0 bridgehead atoms. The van der Waals surface area contributed by atoms with Crippen molar-refractivity contribution >= 4 is 21.9 Å². The maximum absolute atomic E-state index is 12.6. The summed E-state index contributed by atoms with van der Waals surface area (Å²) in [5.74, 6) is -1.67. The number of likely N-dealkylation sites (N-methyl/N-ethyl adjacent to an activating group) is 1. The van der Waals surface area contributed by atoms with E-state index in [-0.39, 0.29) is 10.5 Å². The highest BCUT2D eigenvalue weighted by molar-refractivity contribution is 7.89. The average molecular weight is 342 g/mol. The quantitative estimate of drug-likeness (QED) is 0.803. The van der Waals surface area contributed by atoms with Gasteiger partial charge in [0.2, 0.25) is 10.0 Å². The summed E-state index contributed by atoms with van der Waals surface area (Å²) < 4.78 is 26.6. The topological polar surface area (TPSA) is 95.0 Å². The zero-order valence-corrected chi connectivity index (χ0v) is 14.6. The molecular formula is C15H22N2O5S. The Labute approximate surface area is 136 Å². The minimum Gasteiger partial charge on any atom is -0.480 e. The van der Waals surface area contributed by atoms with Gasteiger partial charge in [-0.05, 0) is 24.6 Å². The van der Waals surface area contributed by atoms with E-state index in [9.17, 15) is 18.0 Å². The number of aliphatic carboxylic acids is 1. The minimum absolute atomic E-state index is 0.0655. The lowest BCUT2D eigenvalue weighted by Gasteiger charge is -2.21. The van der Waals surface area contributed by atoms with Gasteiger partial charge in [-0.1, -0.05) is 19.9 Å². The fraction of sp³-hybridized carbons (Fsp3) is 0.467. The third-order valence-electron chi connectivity index (χ3n) is 3.48. The number of amides is 1. The lowest BCUT2D eigenvalue weighted by molar-refractivity contribution is -0.137. The second-order valence-electron chi connectivity index (χ2n) is 5.12. The highest BCUT2D eigenvalue weighted by Crippen LogP contribution is 2.22. The zero-order chi connectivity index (χ0) is 17.8. The molecule has 0 fully saturated rings. The van der Waals surface area contributed by atoms with Gasteiger partial charge < -0.3 is 10.0 Å². The number of hydrogen-bond acceptors (Lipinski definition) is 4. The average Bonchev–Trinajstić information content (AvgIpc) is 2.47. The number of carbonyl (C=O) groups is 2. The van der Waals surface area contributed by atoms with Crippen molar-refractivity contribution in [1.29, 1.82) is 0 Å². The van der Waals surface area contributed by atoms with Crippen LogP contribution in [0, 0.1) is 6.92 Å². The van der Waals surface area contributed by atoms with E-state index in [1.54, 1.807) is 26.8 Å². The van der Waals surface area contributed by atoms with Gasteiger partial charge in [0.25, 0.3) is 5.91 Å². The maximum Gasteiger partial charge on any atom is 0.323 e. The van der Waals surface area contributed by atoms with E-state index in [1.165, 1.54) is 23.5 Å². The molecule has 23 heavy (non-hydrogen) atoms. The Morgan fingerprint density at radius 2 is 1.74 bits per heavy atom. The van der Waals surface area contributed by atoms with Gasteiger partial charge >= 0.3 is 5.97 Å². The molecule has 0 aliphatic rings. The summed E-state index contributed by atoms with van der Waals surface area (Å²) in [5.41, 5.74) is 0.680. The molecule has 1 aromatic rings. The third kappa shape index (κ3) is 4.29. The number of aryl methyl sites for hydroxylation is 1. The van der Waals surface area contributed by atoms with E-state index in [4.69, 9.17) is 5.11 Å². The summed E-state index contributed by atoms with van der Waals surface area (Å²) in [4.78, 5) is 24.0. The third-order valence-corrected chi connectivity index (χ3v) is 5.67. The predicted molar refractivity (Wildman–Crippen MR) is 85.9 cm³/mol. The highest BCUT2D eigenvalue weighted by atomic mass is 32.2. The molecule has 7 nitrogen and oxygen atoms in total. The number of nitrogens with zero attached hydrogens (tertiary/aromatic N) is 2. The summed E-state index contributed by atoms with van der Waals surface area (Å²) in [6, 6.07) is 4.36. The molecule has 0 saturated heterocycles. The summed E-state index contributed by atoms with van der Waals surface area (Å²) in [6.45, 7) is 5.35. The standard InChI is InChI=1S/C15H22N2O5S/c1-5-17(6-2)23(21,22)13-9-12(8-7-11(13)3)15(20)16(4)10-14(18)19/h7-9H,5-6,10H2,1-4H3,(H,18,19). The molecule has 1 rings (SSSR count). The molecule has 0 saturated carbocycles. The van der Waals surface area contributed by atoms with Gasteiger partial charge in [-0.25, -0.2) is 8.42 Å². The molecule has 0 atom stereocenters. The molecular weight excluding hydrogens is 320 g/mol. The van der Waals surface area contributed by atoms with Gasteiger partial charge in [0, 0.05) is 25.7 Å². The number of rotatable bonds is 7. The largest absolute Gasteiger partial charge is 0.480 e. The smallest absolute Gasteiger partial charge is 0.323 e. The number of carboxylic acids is 1. The van der Waals surface area contributed by atoms with E-state index in [1.807, 2.05) is 0 Å². The van der Waals surface area contributed by atoms with Crippen LogP contribution in [0.1, 0.15) is 29.8 Å². The predicted octanol–water partition coefficient (Wildman–Crippen LogP) is 1.18. The molecule has 0 spiro atoms. The van der Waals surface area contributed by atoms with Gasteiger partial charge in [-0.3, -0.25) is 9.59 Å². The summed E-state index contributed by atoms with van der Waals surface area (Å²) in [5, 5.41) is 8.75. The molecule has 0 aliphatic heterocycles. The van der Waals surface area contributed by atoms with Crippen LogP contribution in [0.15, 0.2) is 23.1 Å². The van der Waals surface area contributed by atoms with Crippen LogP contribution in [0.25, 0.3) is 0 Å². The first-order chi connectivity index (χ1) is 10.6. The van der Waals surface area contributed by atoms with Crippen molar-refractivity contribution in [1.82, 2.24) is 9.21 Å². The molecule has 0 aromatic heterocycles. The summed E-state index contributed by atoms with van der Waals surface area (Å²) >= 11 is 0. The monoisotopic (exact) mass is 342 g/mol. The van der Waals surface area contributed by atoms with E-state index in [2.05, 4.69) is 0 Å². The number of hydrogen-bond donors (Lipinski definition) is 1. The fourth-order valence-electron chi connectivity index (χ4n) is 2.21. The Kier molecular flexibility index (Phi) is 6.28. The first-order valence-corrected chi connectivity index (χ1v) is 8.67. The Bertz CT molecular complexity index is 696. The van der Waals surface area contributed by atoms with Crippen LogP contribution in [0.2, 0.25) is 0 Å². The van der Waals surface area contributed by atoms with Crippen molar-refractivity contribution in [3.8, 4) is 0 Å².